The van der Waals surface area contributed by atoms with Crippen molar-refractivity contribution >= 4 is 23.3 Å². The Morgan fingerprint density at radius 3 is 2.42 bits per heavy atom. The van der Waals surface area contributed by atoms with E-state index in [1.165, 1.54) is 19.3 Å². The van der Waals surface area contributed by atoms with Gasteiger partial charge in [0.15, 0.2) is 11.6 Å². The van der Waals surface area contributed by atoms with Crippen LogP contribution in [-0.4, -0.2) is 11.6 Å². The number of carbonyl (C=O) groups is 2. The van der Waals surface area contributed by atoms with Gasteiger partial charge < -0.3 is 0 Å². The molecule has 0 amide bonds. The molecule has 3 heteroatoms. The lowest BCUT2D eigenvalue weighted by Gasteiger charge is -2.06. The lowest BCUT2D eigenvalue weighted by Crippen LogP contribution is -1.98. The molecule has 26 heavy (non-hydrogen) atoms. The van der Waals surface area contributed by atoms with Crippen LogP contribution in [0.15, 0.2) is 52.3 Å². The molecule has 0 fully saturated rings. The van der Waals surface area contributed by atoms with Crippen LogP contribution in [0.4, 0.5) is 0 Å². The number of fused-ring (bicyclic) bond motifs is 1. The number of hydrogen-bond donors (Lipinski definition) is 0. The quantitative estimate of drug-likeness (QED) is 0.375. The maximum atomic E-state index is 12.3. The smallest absolute Gasteiger partial charge is 0.163 e. The van der Waals surface area contributed by atoms with Gasteiger partial charge in [0.2, 0.25) is 0 Å². The molecule has 136 valence electrons. The fourth-order valence-corrected chi connectivity index (χ4v) is 4.26. The fraction of sp³-hybridized carbons (Fsp3) is 0.391. The molecule has 0 saturated carbocycles. The van der Waals surface area contributed by atoms with E-state index in [0.29, 0.717) is 12.8 Å². The van der Waals surface area contributed by atoms with E-state index in [9.17, 15) is 9.59 Å². The van der Waals surface area contributed by atoms with E-state index >= 15 is 0 Å². The van der Waals surface area contributed by atoms with Gasteiger partial charge in [-0.25, -0.2) is 0 Å². The lowest BCUT2D eigenvalue weighted by molar-refractivity contribution is 0.0975. The number of unbranched alkanes of at least 4 members (excludes halogenated alkanes) is 4. The van der Waals surface area contributed by atoms with Gasteiger partial charge in [-0.05, 0) is 42.7 Å². The number of benzene rings is 2. The predicted molar refractivity (Wildman–Crippen MR) is 107 cm³/mol. The molecule has 1 aliphatic carbocycles. The van der Waals surface area contributed by atoms with Gasteiger partial charge in [0.25, 0.3) is 0 Å². The second-order valence-electron chi connectivity index (χ2n) is 6.96. The maximum absolute atomic E-state index is 12.3. The highest BCUT2D eigenvalue weighted by Crippen LogP contribution is 2.32. The Bertz CT molecular complexity index is 777. The second kappa shape index (κ2) is 9.18. The summed E-state index contributed by atoms with van der Waals surface area (Å²) in [5, 5.41) is 0. The molecule has 0 bridgehead atoms. The molecule has 0 aromatic heterocycles. The average molecular weight is 367 g/mol. The van der Waals surface area contributed by atoms with E-state index in [0.717, 1.165) is 45.7 Å². The van der Waals surface area contributed by atoms with Crippen molar-refractivity contribution in [3.05, 3.63) is 59.2 Å². The van der Waals surface area contributed by atoms with E-state index in [4.69, 9.17) is 0 Å². The number of ketones is 2. The minimum Gasteiger partial charge on any atom is -0.294 e. The summed E-state index contributed by atoms with van der Waals surface area (Å²) in [7, 11) is 0. The van der Waals surface area contributed by atoms with Crippen molar-refractivity contribution in [2.45, 2.75) is 68.1 Å². The van der Waals surface area contributed by atoms with E-state index in [-0.39, 0.29) is 11.6 Å². The minimum atomic E-state index is 0.245. The van der Waals surface area contributed by atoms with Crippen molar-refractivity contribution in [1.82, 2.24) is 0 Å². The zero-order valence-electron chi connectivity index (χ0n) is 15.4. The molecular weight excluding hydrogens is 340 g/mol. The zero-order valence-corrected chi connectivity index (χ0v) is 16.2. The normalized spacial score (nSPS) is 13.0. The second-order valence-corrected chi connectivity index (χ2v) is 8.10. The first-order chi connectivity index (χ1) is 12.7. The third kappa shape index (κ3) is 4.85. The third-order valence-corrected chi connectivity index (χ3v) is 5.92. The van der Waals surface area contributed by atoms with Crippen molar-refractivity contribution in [3.8, 4) is 0 Å². The van der Waals surface area contributed by atoms with Crippen LogP contribution in [0.25, 0.3) is 0 Å². The molecule has 0 spiro atoms. The van der Waals surface area contributed by atoms with Crippen molar-refractivity contribution in [2.24, 2.45) is 0 Å². The summed E-state index contributed by atoms with van der Waals surface area (Å²) < 4.78 is 0. The van der Waals surface area contributed by atoms with Crippen LogP contribution in [0.2, 0.25) is 0 Å². The molecule has 0 saturated heterocycles. The third-order valence-electron chi connectivity index (χ3n) is 4.92. The van der Waals surface area contributed by atoms with Crippen LogP contribution in [0, 0.1) is 0 Å². The summed E-state index contributed by atoms with van der Waals surface area (Å²) in [5.74, 6) is 0.503. The summed E-state index contributed by atoms with van der Waals surface area (Å²) in [6.45, 7) is 2.20. The van der Waals surface area contributed by atoms with Crippen molar-refractivity contribution in [3.63, 3.8) is 0 Å². The highest BCUT2D eigenvalue weighted by atomic mass is 32.2. The van der Waals surface area contributed by atoms with Gasteiger partial charge in [-0.3, -0.25) is 9.59 Å². The molecule has 2 aromatic rings. The lowest BCUT2D eigenvalue weighted by atomic mass is 10.0. The van der Waals surface area contributed by atoms with Crippen LogP contribution >= 0.6 is 11.8 Å². The van der Waals surface area contributed by atoms with Gasteiger partial charge in [0, 0.05) is 33.8 Å². The summed E-state index contributed by atoms with van der Waals surface area (Å²) in [5.41, 5.74) is 2.86. The number of carbonyl (C=O) groups excluding carboxylic acids is 2. The first kappa shape index (κ1) is 18.9. The SMILES string of the molecule is CCCCCCCC(=O)c1ccc(Sc2ccc3c(c2)CCC3=O)cc1. The van der Waals surface area contributed by atoms with Crippen molar-refractivity contribution in [1.29, 1.82) is 0 Å². The Morgan fingerprint density at radius 2 is 1.65 bits per heavy atom. The fourth-order valence-electron chi connectivity index (χ4n) is 3.37. The van der Waals surface area contributed by atoms with E-state index in [1.807, 2.05) is 36.4 Å². The summed E-state index contributed by atoms with van der Waals surface area (Å²) >= 11 is 1.68. The Labute approximate surface area is 160 Å². The maximum Gasteiger partial charge on any atom is 0.163 e. The first-order valence-electron chi connectivity index (χ1n) is 9.64. The van der Waals surface area contributed by atoms with Crippen LogP contribution in [0.5, 0.6) is 0 Å². The summed E-state index contributed by atoms with van der Waals surface area (Å²) in [6, 6.07) is 14.0. The number of rotatable bonds is 9. The zero-order chi connectivity index (χ0) is 18.4. The Balaban J connectivity index is 1.54. The van der Waals surface area contributed by atoms with Crippen LogP contribution in [0.1, 0.15) is 78.1 Å². The molecule has 2 nitrogen and oxygen atoms in total. The van der Waals surface area contributed by atoms with Gasteiger partial charge in [0.05, 0.1) is 0 Å². The monoisotopic (exact) mass is 366 g/mol. The highest BCUT2D eigenvalue weighted by Gasteiger charge is 2.19. The standard InChI is InChI=1S/C23H26O2S/c1-2-3-4-5-6-7-22(24)17-8-11-19(12-9-17)26-20-13-14-21-18(16-20)10-15-23(21)25/h8-9,11-14,16H,2-7,10,15H2,1H3. The molecule has 1 aliphatic rings. The molecule has 0 radical (unpaired) electrons. The number of hydrogen-bond acceptors (Lipinski definition) is 3. The van der Waals surface area contributed by atoms with Crippen molar-refractivity contribution in [2.75, 3.05) is 0 Å². The minimum absolute atomic E-state index is 0.245. The molecule has 2 aromatic carbocycles. The Hall–Kier alpha value is -1.87. The van der Waals surface area contributed by atoms with Crippen LogP contribution in [-0.2, 0) is 6.42 Å². The molecular formula is C23H26O2S. The first-order valence-corrected chi connectivity index (χ1v) is 10.5. The topological polar surface area (TPSA) is 34.1 Å². The molecule has 0 atom stereocenters. The number of Topliss-reactive ketones (excluding diaryl/α,β-unsaturated/α-hetero) is 2. The van der Waals surface area contributed by atoms with E-state index in [2.05, 4.69) is 13.0 Å². The van der Waals surface area contributed by atoms with Gasteiger partial charge in [0.1, 0.15) is 0 Å². The van der Waals surface area contributed by atoms with E-state index in [1.54, 1.807) is 11.8 Å². The Kier molecular flexibility index (Phi) is 6.67. The van der Waals surface area contributed by atoms with E-state index < -0.39 is 0 Å². The summed E-state index contributed by atoms with van der Waals surface area (Å²) in [6.07, 6.45) is 8.00. The van der Waals surface area contributed by atoms with Gasteiger partial charge in [-0.15, -0.1) is 0 Å². The largest absolute Gasteiger partial charge is 0.294 e. The molecule has 0 unspecified atom stereocenters. The van der Waals surface area contributed by atoms with Gasteiger partial charge in [-0.1, -0.05) is 62.6 Å². The van der Waals surface area contributed by atoms with Crippen molar-refractivity contribution < 1.29 is 9.59 Å². The average Bonchev–Trinajstić information content (AvgIpc) is 3.02. The van der Waals surface area contributed by atoms with Gasteiger partial charge >= 0.3 is 0 Å². The molecule has 0 heterocycles. The number of aryl methyl sites for hydroxylation is 1. The van der Waals surface area contributed by atoms with Crippen LogP contribution < -0.4 is 0 Å². The predicted octanol–water partition coefficient (Wildman–Crippen LogP) is 6.51. The molecule has 0 aliphatic heterocycles. The summed E-state index contributed by atoms with van der Waals surface area (Å²) in [4.78, 5) is 26.3. The van der Waals surface area contributed by atoms with Gasteiger partial charge in [-0.2, -0.15) is 0 Å². The molecule has 0 N–H and O–H groups in total. The highest BCUT2D eigenvalue weighted by molar-refractivity contribution is 7.99. The van der Waals surface area contributed by atoms with Crippen LogP contribution in [0.3, 0.4) is 0 Å². The Morgan fingerprint density at radius 1 is 0.923 bits per heavy atom. The molecule has 3 rings (SSSR count).